The molecule has 1 aromatic rings. The van der Waals surface area contributed by atoms with Gasteiger partial charge in [0.05, 0.1) is 6.04 Å². The Kier molecular flexibility index (Phi) is 4.88. The average molecular weight is 290 g/mol. The van der Waals surface area contributed by atoms with Crippen LogP contribution in [-0.4, -0.2) is 36.2 Å². The lowest BCUT2D eigenvalue weighted by Gasteiger charge is -2.37. The Hall–Kier alpha value is -1.55. The van der Waals surface area contributed by atoms with Gasteiger partial charge < -0.3 is 10.1 Å². The molecule has 0 bridgehead atoms. The van der Waals surface area contributed by atoms with Gasteiger partial charge in [-0.1, -0.05) is 31.2 Å². The molecule has 1 fully saturated rings. The molecular formula is C17H26N2O2. The maximum absolute atomic E-state index is 12.4. The van der Waals surface area contributed by atoms with Crippen LogP contribution in [0.2, 0.25) is 0 Å². The minimum atomic E-state index is -0.460. The van der Waals surface area contributed by atoms with E-state index in [2.05, 4.69) is 36.5 Å². The molecule has 0 saturated carbocycles. The van der Waals surface area contributed by atoms with E-state index in [-0.39, 0.29) is 12.1 Å². The molecule has 1 aromatic carbocycles. The van der Waals surface area contributed by atoms with E-state index in [1.54, 1.807) is 0 Å². The number of amides is 1. The number of nitrogens with one attached hydrogen (secondary N) is 1. The standard InChI is InChI=1S/C17H26N2O2/c1-5-13-6-8-14(9-7-13)15-12-18-10-11-19(15)16(20)21-17(2,3)4/h6-9,15,18H,5,10-12H2,1-4H3/t15-/m0/s1. The minimum Gasteiger partial charge on any atom is -0.444 e. The summed E-state index contributed by atoms with van der Waals surface area (Å²) in [5, 5.41) is 3.36. The summed E-state index contributed by atoms with van der Waals surface area (Å²) in [4.78, 5) is 14.2. The fraction of sp³-hybridized carbons (Fsp3) is 0.588. The molecule has 1 atom stereocenters. The van der Waals surface area contributed by atoms with Crippen LogP contribution in [0.15, 0.2) is 24.3 Å². The maximum Gasteiger partial charge on any atom is 0.410 e. The number of ether oxygens (including phenoxy) is 1. The van der Waals surface area contributed by atoms with E-state index in [9.17, 15) is 4.79 Å². The van der Waals surface area contributed by atoms with Gasteiger partial charge in [0, 0.05) is 19.6 Å². The Morgan fingerprint density at radius 3 is 2.57 bits per heavy atom. The van der Waals surface area contributed by atoms with Crippen LogP contribution in [0, 0.1) is 0 Å². The van der Waals surface area contributed by atoms with Crippen molar-refractivity contribution >= 4 is 6.09 Å². The van der Waals surface area contributed by atoms with E-state index in [4.69, 9.17) is 4.74 Å². The summed E-state index contributed by atoms with van der Waals surface area (Å²) in [6.07, 6.45) is 0.799. The van der Waals surface area contributed by atoms with Gasteiger partial charge in [0.1, 0.15) is 5.60 Å². The van der Waals surface area contributed by atoms with Crippen LogP contribution in [-0.2, 0) is 11.2 Å². The summed E-state index contributed by atoms with van der Waals surface area (Å²) in [6, 6.07) is 8.55. The van der Waals surface area contributed by atoms with Gasteiger partial charge in [-0.2, -0.15) is 0 Å². The molecule has 1 amide bonds. The van der Waals surface area contributed by atoms with Gasteiger partial charge in [-0.15, -0.1) is 0 Å². The van der Waals surface area contributed by atoms with Crippen LogP contribution in [0.3, 0.4) is 0 Å². The number of carbonyl (C=O) groups is 1. The Morgan fingerprint density at radius 1 is 1.33 bits per heavy atom. The van der Waals surface area contributed by atoms with E-state index < -0.39 is 5.60 Å². The first-order valence-corrected chi connectivity index (χ1v) is 7.70. The van der Waals surface area contributed by atoms with Crippen molar-refractivity contribution in [3.05, 3.63) is 35.4 Å². The highest BCUT2D eigenvalue weighted by molar-refractivity contribution is 5.69. The van der Waals surface area contributed by atoms with Gasteiger partial charge in [-0.05, 0) is 38.3 Å². The van der Waals surface area contributed by atoms with Gasteiger partial charge in [0.2, 0.25) is 0 Å². The van der Waals surface area contributed by atoms with Crippen LogP contribution < -0.4 is 5.32 Å². The predicted octanol–water partition coefficient (Wildman–Crippen LogP) is 3.13. The molecule has 1 N–H and O–H groups in total. The molecule has 1 heterocycles. The van der Waals surface area contributed by atoms with Crippen LogP contribution in [0.5, 0.6) is 0 Å². The molecular weight excluding hydrogens is 264 g/mol. The lowest BCUT2D eigenvalue weighted by Crippen LogP contribution is -2.50. The highest BCUT2D eigenvalue weighted by Gasteiger charge is 2.31. The lowest BCUT2D eigenvalue weighted by molar-refractivity contribution is 0.0118. The minimum absolute atomic E-state index is 0.0412. The van der Waals surface area contributed by atoms with Crippen molar-refractivity contribution in [2.45, 2.75) is 45.8 Å². The van der Waals surface area contributed by atoms with Crippen LogP contribution in [0.1, 0.15) is 44.9 Å². The number of carbonyl (C=O) groups excluding carboxylic acids is 1. The Balaban J connectivity index is 2.16. The zero-order chi connectivity index (χ0) is 15.5. The van der Waals surface area contributed by atoms with Gasteiger partial charge >= 0.3 is 6.09 Å². The van der Waals surface area contributed by atoms with Crippen LogP contribution in [0.25, 0.3) is 0 Å². The van der Waals surface area contributed by atoms with E-state index in [1.807, 2.05) is 25.7 Å². The largest absolute Gasteiger partial charge is 0.444 e. The van der Waals surface area contributed by atoms with Crippen molar-refractivity contribution in [2.75, 3.05) is 19.6 Å². The number of hydrogen-bond donors (Lipinski definition) is 1. The summed E-state index contributed by atoms with van der Waals surface area (Å²) < 4.78 is 5.53. The van der Waals surface area contributed by atoms with E-state index in [0.717, 1.165) is 25.1 Å². The normalized spacial score (nSPS) is 19.4. The Morgan fingerprint density at radius 2 is 2.00 bits per heavy atom. The molecule has 4 heteroatoms. The highest BCUT2D eigenvalue weighted by Crippen LogP contribution is 2.25. The summed E-state index contributed by atoms with van der Waals surface area (Å²) in [7, 11) is 0. The van der Waals surface area contributed by atoms with Gasteiger partial charge in [0.25, 0.3) is 0 Å². The number of hydrogen-bond acceptors (Lipinski definition) is 3. The fourth-order valence-electron chi connectivity index (χ4n) is 2.52. The third kappa shape index (κ3) is 4.21. The second kappa shape index (κ2) is 6.48. The van der Waals surface area contributed by atoms with Crippen molar-refractivity contribution in [1.29, 1.82) is 0 Å². The van der Waals surface area contributed by atoms with Crippen LogP contribution >= 0.6 is 0 Å². The number of aryl methyl sites for hydroxylation is 1. The average Bonchev–Trinajstić information content (AvgIpc) is 2.45. The van der Waals surface area contributed by atoms with Crippen molar-refractivity contribution in [2.24, 2.45) is 0 Å². The third-order valence-corrected chi connectivity index (χ3v) is 3.64. The molecule has 1 aliphatic rings. The summed E-state index contributed by atoms with van der Waals surface area (Å²) in [5.74, 6) is 0. The zero-order valence-corrected chi connectivity index (χ0v) is 13.5. The monoisotopic (exact) mass is 290 g/mol. The number of piperazine rings is 1. The first-order valence-electron chi connectivity index (χ1n) is 7.70. The second-order valence-corrected chi connectivity index (χ2v) is 6.49. The molecule has 0 unspecified atom stereocenters. The highest BCUT2D eigenvalue weighted by atomic mass is 16.6. The maximum atomic E-state index is 12.4. The fourth-order valence-corrected chi connectivity index (χ4v) is 2.52. The lowest BCUT2D eigenvalue weighted by atomic mass is 10.0. The molecule has 1 aliphatic heterocycles. The van der Waals surface area contributed by atoms with E-state index >= 15 is 0 Å². The van der Waals surface area contributed by atoms with E-state index in [1.165, 1.54) is 5.56 Å². The predicted molar refractivity (Wildman–Crippen MR) is 84.4 cm³/mol. The van der Waals surface area contributed by atoms with Crippen LogP contribution in [0.4, 0.5) is 4.79 Å². The van der Waals surface area contributed by atoms with Crippen molar-refractivity contribution < 1.29 is 9.53 Å². The van der Waals surface area contributed by atoms with Gasteiger partial charge in [0.15, 0.2) is 0 Å². The molecule has 2 rings (SSSR count). The van der Waals surface area contributed by atoms with E-state index in [0.29, 0.717) is 6.54 Å². The molecule has 1 saturated heterocycles. The smallest absolute Gasteiger partial charge is 0.410 e. The van der Waals surface area contributed by atoms with Crippen molar-refractivity contribution in [3.8, 4) is 0 Å². The third-order valence-electron chi connectivity index (χ3n) is 3.64. The summed E-state index contributed by atoms with van der Waals surface area (Å²) in [6.45, 7) is 10.1. The number of rotatable bonds is 2. The summed E-state index contributed by atoms with van der Waals surface area (Å²) >= 11 is 0. The molecule has 0 radical (unpaired) electrons. The Labute approximate surface area is 127 Å². The molecule has 0 aromatic heterocycles. The second-order valence-electron chi connectivity index (χ2n) is 6.49. The zero-order valence-electron chi connectivity index (χ0n) is 13.5. The number of nitrogens with zero attached hydrogens (tertiary/aromatic N) is 1. The first kappa shape index (κ1) is 15.8. The van der Waals surface area contributed by atoms with Crippen molar-refractivity contribution in [3.63, 3.8) is 0 Å². The number of benzene rings is 1. The Bertz CT molecular complexity index is 477. The SMILES string of the molecule is CCc1ccc([C@@H]2CNCCN2C(=O)OC(C)(C)C)cc1. The molecule has 4 nitrogen and oxygen atoms in total. The molecule has 0 spiro atoms. The van der Waals surface area contributed by atoms with Gasteiger partial charge in [-0.25, -0.2) is 4.79 Å². The molecule has 116 valence electrons. The van der Waals surface area contributed by atoms with Crippen molar-refractivity contribution in [1.82, 2.24) is 10.2 Å². The first-order chi connectivity index (χ1) is 9.90. The van der Waals surface area contributed by atoms with Gasteiger partial charge in [-0.3, -0.25) is 4.90 Å². The quantitative estimate of drug-likeness (QED) is 0.910. The molecule has 0 aliphatic carbocycles. The summed E-state index contributed by atoms with van der Waals surface area (Å²) in [5.41, 5.74) is 2.01. The molecule has 21 heavy (non-hydrogen) atoms. The topological polar surface area (TPSA) is 41.6 Å².